The highest BCUT2D eigenvalue weighted by Crippen LogP contribution is 2.34. The molecule has 1 aromatic heterocycles. The summed E-state index contributed by atoms with van der Waals surface area (Å²) in [5.74, 6) is -0.346. The Kier molecular flexibility index (Phi) is 6.08. The van der Waals surface area contributed by atoms with E-state index < -0.39 is 5.54 Å². The Labute approximate surface area is 187 Å². The van der Waals surface area contributed by atoms with Crippen LogP contribution < -0.4 is 16.2 Å². The fourth-order valence-electron chi connectivity index (χ4n) is 4.26. The quantitative estimate of drug-likeness (QED) is 0.455. The molecule has 2 heterocycles. The summed E-state index contributed by atoms with van der Waals surface area (Å²) in [5.41, 5.74) is -0.288. The van der Waals surface area contributed by atoms with E-state index in [1.54, 1.807) is 12.1 Å². The maximum atomic E-state index is 12.6. The summed E-state index contributed by atoms with van der Waals surface area (Å²) in [4.78, 5) is 55.0. The molecule has 164 valence electrons. The van der Waals surface area contributed by atoms with Crippen LogP contribution in [0.25, 0.3) is 10.9 Å². The monoisotopic (exact) mass is 489 g/mol. The molecule has 0 unspecified atom stereocenters. The van der Waals surface area contributed by atoms with Crippen LogP contribution in [0.2, 0.25) is 0 Å². The van der Waals surface area contributed by atoms with Crippen LogP contribution in [0.3, 0.4) is 0 Å². The largest absolute Gasteiger partial charge is 0.356 e. The van der Waals surface area contributed by atoms with E-state index in [9.17, 15) is 19.2 Å². The molecule has 0 atom stereocenters. The predicted octanol–water partition coefficient (Wildman–Crippen LogP) is 1.92. The molecule has 31 heavy (non-hydrogen) atoms. The Balaban J connectivity index is 1.24. The zero-order valence-corrected chi connectivity index (χ0v) is 18.6. The third kappa shape index (κ3) is 4.34. The van der Waals surface area contributed by atoms with E-state index in [0.29, 0.717) is 36.7 Å². The number of hydrogen-bond donors (Lipinski definition) is 2. The van der Waals surface area contributed by atoms with Gasteiger partial charge in [-0.3, -0.25) is 23.9 Å². The van der Waals surface area contributed by atoms with Crippen LogP contribution in [0.4, 0.5) is 4.79 Å². The Morgan fingerprint density at radius 1 is 1.19 bits per heavy atom. The van der Waals surface area contributed by atoms with Crippen LogP contribution in [0.1, 0.15) is 38.5 Å². The first-order valence-electron chi connectivity index (χ1n) is 10.5. The maximum absolute atomic E-state index is 12.6. The molecular weight excluding hydrogens is 466 g/mol. The molecule has 1 aliphatic heterocycles. The number of aryl methyl sites for hydroxylation is 1. The molecule has 0 radical (unpaired) electrons. The second kappa shape index (κ2) is 8.78. The van der Waals surface area contributed by atoms with Crippen molar-refractivity contribution in [1.29, 1.82) is 0 Å². The van der Waals surface area contributed by atoms with E-state index in [2.05, 4.69) is 31.5 Å². The lowest BCUT2D eigenvalue weighted by Crippen LogP contribution is -2.44. The third-order valence-corrected chi connectivity index (χ3v) is 6.44. The molecule has 2 N–H and O–H groups in total. The topological polar surface area (TPSA) is 113 Å². The molecule has 10 heteroatoms. The number of amides is 4. The average molecular weight is 490 g/mol. The van der Waals surface area contributed by atoms with Gasteiger partial charge in [0.2, 0.25) is 5.91 Å². The summed E-state index contributed by atoms with van der Waals surface area (Å²) in [6, 6.07) is 4.96. The van der Waals surface area contributed by atoms with Crippen molar-refractivity contribution in [3.63, 3.8) is 0 Å². The van der Waals surface area contributed by atoms with Gasteiger partial charge in [-0.1, -0.05) is 28.8 Å². The molecule has 9 nitrogen and oxygen atoms in total. The number of fused-ring (bicyclic) bond motifs is 1. The van der Waals surface area contributed by atoms with Crippen molar-refractivity contribution in [2.24, 2.45) is 0 Å². The van der Waals surface area contributed by atoms with Gasteiger partial charge in [-0.15, -0.1) is 0 Å². The average Bonchev–Trinajstić information content (AvgIpc) is 3.31. The van der Waals surface area contributed by atoms with Crippen LogP contribution in [0.15, 0.2) is 33.8 Å². The number of aromatic nitrogens is 2. The molecule has 2 aromatic rings. The Morgan fingerprint density at radius 3 is 2.74 bits per heavy atom. The van der Waals surface area contributed by atoms with Crippen molar-refractivity contribution >= 4 is 44.7 Å². The van der Waals surface area contributed by atoms with Gasteiger partial charge < -0.3 is 10.6 Å². The van der Waals surface area contributed by atoms with Crippen molar-refractivity contribution < 1.29 is 14.4 Å². The highest BCUT2D eigenvalue weighted by molar-refractivity contribution is 9.10. The van der Waals surface area contributed by atoms with E-state index in [1.807, 2.05) is 6.07 Å². The molecule has 1 saturated carbocycles. The van der Waals surface area contributed by atoms with Gasteiger partial charge in [-0.2, -0.15) is 0 Å². The zero-order valence-electron chi connectivity index (χ0n) is 17.0. The standard InChI is InChI=1S/C21H24BrN5O4/c22-14-4-5-16-15(12-14)18(29)26(13-24-16)11-6-17(28)23-9-3-10-27-19(30)21(25-20(27)31)7-1-2-8-21/h4-5,12-13H,1-3,6-11H2,(H,23,28)(H,25,31). The summed E-state index contributed by atoms with van der Waals surface area (Å²) < 4.78 is 2.21. The predicted molar refractivity (Wildman–Crippen MR) is 117 cm³/mol. The molecule has 1 aromatic carbocycles. The van der Waals surface area contributed by atoms with Crippen molar-refractivity contribution in [3.8, 4) is 0 Å². The molecule has 4 rings (SSSR count). The van der Waals surface area contributed by atoms with Crippen LogP contribution in [-0.2, 0) is 16.1 Å². The zero-order chi connectivity index (χ0) is 22.0. The number of carbonyl (C=O) groups is 3. The molecule has 4 amide bonds. The van der Waals surface area contributed by atoms with Gasteiger partial charge in [-0.25, -0.2) is 9.78 Å². The van der Waals surface area contributed by atoms with Crippen molar-refractivity contribution in [1.82, 2.24) is 25.1 Å². The first-order chi connectivity index (χ1) is 14.9. The lowest BCUT2D eigenvalue weighted by Gasteiger charge is -2.20. The van der Waals surface area contributed by atoms with E-state index in [1.165, 1.54) is 15.8 Å². The highest BCUT2D eigenvalue weighted by atomic mass is 79.9. The molecule has 2 aliphatic rings. The molecule has 1 saturated heterocycles. The van der Waals surface area contributed by atoms with Crippen molar-refractivity contribution in [2.45, 2.75) is 50.6 Å². The van der Waals surface area contributed by atoms with Gasteiger partial charge >= 0.3 is 6.03 Å². The minimum atomic E-state index is -0.697. The van der Waals surface area contributed by atoms with Gasteiger partial charge in [-0.05, 0) is 37.5 Å². The number of rotatable bonds is 7. The highest BCUT2D eigenvalue weighted by Gasteiger charge is 2.51. The molecule has 2 fully saturated rings. The smallest absolute Gasteiger partial charge is 0.325 e. The van der Waals surface area contributed by atoms with Gasteiger partial charge in [0.15, 0.2) is 0 Å². The maximum Gasteiger partial charge on any atom is 0.325 e. The van der Waals surface area contributed by atoms with Crippen molar-refractivity contribution in [3.05, 3.63) is 39.4 Å². The molecule has 1 spiro atoms. The minimum Gasteiger partial charge on any atom is -0.356 e. The summed E-state index contributed by atoms with van der Waals surface area (Å²) in [7, 11) is 0. The van der Waals surface area contributed by atoms with Crippen LogP contribution in [0.5, 0.6) is 0 Å². The van der Waals surface area contributed by atoms with E-state index in [0.717, 1.165) is 17.3 Å². The number of benzene rings is 1. The lowest BCUT2D eigenvalue weighted by atomic mass is 9.98. The number of nitrogens with one attached hydrogen (secondary N) is 2. The lowest BCUT2D eigenvalue weighted by molar-refractivity contribution is -0.131. The van der Waals surface area contributed by atoms with Crippen LogP contribution >= 0.6 is 15.9 Å². The second-order valence-electron chi connectivity index (χ2n) is 8.03. The van der Waals surface area contributed by atoms with Crippen LogP contribution in [0, 0.1) is 0 Å². The first-order valence-corrected chi connectivity index (χ1v) is 11.2. The SMILES string of the molecule is O=C(CCn1cnc2ccc(Br)cc2c1=O)NCCCN1C(=O)NC2(CCCC2)C1=O. The molecule has 0 bridgehead atoms. The van der Waals surface area contributed by atoms with Gasteiger partial charge in [0.1, 0.15) is 5.54 Å². The van der Waals surface area contributed by atoms with Crippen LogP contribution in [-0.4, -0.2) is 50.9 Å². The summed E-state index contributed by atoms with van der Waals surface area (Å²) in [5, 5.41) is 6.12. The normalized spacial score (nSPS) is 17.5. The molecule has 1 aliphatic carbocycles. The Bertz CT molecular complexity index is 1090. The number of carbonyl (C=O) groups excluding carboxylic acids is 3. The third-order valence-electron chi connectivity index (χ3n) is 5.95. The van der Waals surface area contributed by atoms with E-state index in [-0.39, 0.29) is 42.9 Å². The second-order valence-corrected chi connectivity index (χ2v) is 8.95. The number of nitrogens with zero attached hydrogens (tertiary/aromatic N) is 3. The van der Waals surface area contributed by atoms with E-state index in [4.69, 9.17) is 0 Å². The Morgan fingerprint density at radius 2 is 1.97 bits per heavy atom. The number of halogens is 1. The van der Waals surface area contributed by atoms with Gasteiger partial charge in [0.05, 0.1) is 17.2 Å². The number of hydrogen-bond acceptors (Lipinski definition) is 5. The van der Waals surface area contributed by atoms with E-state index >= 15 is 0 Å². The fourth-order valence-corrected chi connectivity index (χ4v) is 4.62. The fraction of sp³-hybridized carbons (Fsp3) is 0.476. The minimum absolute atomic E-state index is 0.132. The molecular formula is C21H24BrN5O4. The number of imide groups is 1. The summed E-state index contributed by atoms with van der Waals surface area (Å²) in [6.45, 7) is 0.839. The summed E-state index contributed by atoms with van der Waals surface area (Å²) >= 11 is 3.35. The van der Waals surface area contributed by atoms with Gasteiger partial charge in [0.25, 0.3) is 11.5 Å². The first kappa shape index (κ1) is 21.5. The summed E-state index contributed by atoms with van der Waals surface area (Å²) in [6.07, 6.45) is 5.35. The van der Waals surface area contributed by atoms with Gasteiger partial charge in [0, 0.05) is 30.5 Å². The Hall–Kier alpha value is -2.75. The number of urea groups is 1. The van der Waals surface area contributed by atoms with Crippen molar-refractivity contribution in [2.75, 3.05) is 13.1 Å².